The van der Waals surface area contributed by atoms with Crippen molar-refractivity contribution in [1.82, 2.24) is 0 Å². The fourth-order valence-electron chi connectivity index (χ4n) is 2.80. The van der Waals surface area contributed by atoms with Gasteiger partial charge in [-0.3, -0.25) is 9.00 Å². The summed E-state index contributed by atoms with van der Waals surface area (Å²) in [7, 11) is -0.965. The van der Waals surface area contributed by atoms with E-state index in [0.29, 0.717) is 18.0 Å². The van der Waals surface area contributed by atoms with E-state index in [9.17, 15) is 9.00 Å². The highest BCUT2D eigenvalue weighted by Crippen LogP contribution is 2.28. The van der Waals surface area contributed by atoms with Gasteiger partial charge in [0.25, 0.3) is 5.91 Å². The first-order valence-electron chi connectivity index (χ1n) is 7.53. The van der Waals surface area contributed by atoms with Crippen molar-refractivity contribution >= 4 is 22.4 Å². The van der Waals surface area contributed by atoms with Gasteiger partial charge in [0.15, 0.2) is 6.10 Å². The summed E-state index contributed by atoms with van der Waals surface area (Å²) in [5.74, 6) is 0.227. The largest absolute Gasteiger partial charge is 0.363 e. The number of rotatable bonds is 4. The Morgan fingerprint density at radius 1 is 1.22 bits per heavy atom. The minimum Gasteiger partial charge on any atom is -0.363 e. The van der Waals surface area contributed by atoms with Crippen molar-refractivity contribution in [2.75, 3.05) is 18.2 Å². The number of hydrogen-bond acceptors (Lipinski definition) is 3. The summed E-state index contributed by atoms with van der Waals surface area (Å²) in [6.45, 7) is 0.537. The van der Waals surface area contributed by atoms with Gasteiger partial charge in [-0.15, -0.1) is 0 Å². The molecule has 0 aliphatic carbocycles. The molecule has 2 atom stereocenters. The van der Waals surface area contributed by atoms with Gasteiger partial charge in [-0.2, -0.15) is 0 Å². The molecule has 0 spiro atoms. The summed E-state index contributed by atoms with van der Waals surface area (Å²) >= 11 is 0. The van der Waals surface area contributed by atoms with Gasteiger partial charge in [0.05, 0.1) is 12.4 Å². The number of fused-ring (bicyclic) bond motifs is 1. The van der Waals surface area contributed by atoms with E-state index >= 15 is 0 Å². The molecule has 4 nitrogen and oxygen atoms in total. The first kappa shape index (κ1) is 15.9. The Balaban J connectivity index is 1.82. The summed E-state index contributed by atoms with van der Waals surface area (Å²) in [6, 6.07) is 15.3. The molecule has 0 aromatic heterocycles. The molecule has 1 N–H and O–H groups in total. The fourth-order valence-corrected chi connectivity index (χ4v) is 3.49. The Morgan fingerprint density at radius 2 is 1.96 bits per heavy atom. The standard InChI is InChI=1S/C18H19NO3S/c1-23(21)12-14-7-3-5-9-16(14)19-18(20)17-15-8-4-2-6-13(15)10-11-22-17/h2-9,17H,10-12H2,1H3,(H,19,20)/t17-,23-/m1/s1. The minimum atomic E-state index is -0.965. The monoisotopic (exact) mass is 329 g/mol. The number of anilines is 1. The molecule has 0 saturated carbocycles. The van der Waals surface area contributed by atoms with Crippen LogP contribution in [-0.4, -0.2) is 23.0 Å². The lowest BCUT2D eigenvalue weighted by molar-refractivity contribution is -0.128. The molecule has 0 unspecified atom stereocenters. The zero-order valence-corrected chi connectivity index (χ0v) is 13.8. The zero-order valence-electron chi connectivity index (χ0n) is 13.0. The number of amides is 1. The Kier molecular flexibility index (Phi) is 4.88. The molecular formula is C18H19NO3S. The number of nitrogens with one attached hydrogen (secondary N) is 1. The smallest absolute Gasteiger partial charge is 0.258 e. The van der Waals surface area contributed by atoms with Crippen LogP contribution in [-0.2, 0) is 32.5 Å². The van der Waals surface area contributed by atoms with Crippen LogP contribution in [0.25, 0.3) is 0 Å². The quantitative estimate of drug-likeness (QED) is 0.938. The van der Waals surface area contributed by atoms with Crippen molar-refractivity contribution in [3.63, 3.8) is 0 Å². The average Bonchev–Trinajstić information content (AvgIpc) is 2.55. The van der Waals surface area contributed by atoms with Gasteiger partial charge >= 0.3 is 0 Å². The van der Waals surface area contributed by atoms with Crippen molar-refractivity contribution < 1.29 is 13.7 Å². The molecule has 0 fully saturated rings. The molecule has 1 amide bonds. The molecular weight excluding hydrogens is 310 g/mol. The molecule has 5 heteroatoms. The van der Waals surface area contributed by atoms with Gasteiger partial charge in [0.1, 0.15) is 0 Å². The molecule has 1 aliphatic rings. The molecule has 2 aromatic rings. The summed E-state index contributed by atoms with van der Waals surface area (Å²) in [6.07, 6.45) is 1.88. The molecule has 1 aliphatic heterocycles. The van der Waals surface area contributed by atoms with Crippen LogP contribution in [0.4, 0.5) is 5.69 Å². The van der Waals surface area contributed by atoms with Crippen LogP contribution in [0.2, 0.25) is 0 Å². The number of carbonyl (C=O) groups excluding carboxylic acids is 1. The maximum Gasteiger partial charge on any atom is 0.258 e. The predicted molar refractivity (Wildman–Crippen MR) is 91.7 cm³/mol. The number of carbonyl (C=O) groups is 1. The molecule has 0 bridgehead atoms. The van der Waals surface area contributed by atoms with Crippen LogP contribution in [0.1, 0.15) is 22.8 Å². The molecule has 120 valence electrons. The molecule has 2 aromatic carbocycles. The van der Waals surface area contributed by atoms with Crippen molar-refractivity contribution in [3.05, 3.63) is 65.2 Å². The zero-order chi connectivity index (χ0) is 16.2. The molecule has 1 heterocycles. The van der Waals surface area contributed by atoms with Gasteiger partial charge in [0.2, 0.25) is 0 Å². The van der Waals surface area contributed by atoms with E-state index in [0.717, 1.165) is 23.1 Å². The van der Waals surface area contributed by atoms with Crippen molar-refractivity contribution in [2.24, 2.45) is 0 Å². The lowest BCUT2D eigenvalue weighted by Gasteiger charge is -2.25. The number of benzene rings is 2. The molecule has 23 heavy (non-hydrogen) atoms. The average molecular weight is 329 g/mol. The third kappa shape index (κ3) is 3.68. The van der Waals surface area contributed by atoms with E-state index in [1.807, 2.05) is 48.5 Å². The van der Waals surface area contributed by atoms with Crippen molar-refractivity contribution in [3.8, 4) is 0 Å². The number of para-hydroxylation sites is 1. The first-order valence-corrected chi connectivity index (χ1v) is 9.26. The maximum atomic E-state index is 12.7. The van der Waals surface area contributed by atoms with E-state index in [4.69, 9.17) is 4.74 Å². The van der Waals surface area contributed by atoms with Gasteiger partial charge in [-0.25, -0.2) is 0 Å². The Bertz CT molecular complexity index is 745. The predicted octanol–water partition coefficient (Wildman–Crippen LogP) is 2.82. The lowest BCUT2D eigenvalue weighted by atomic mass is 9.97. The van der Waals surface area contributed by atoms with E-state index in [1.54, 1.807) is 6.26 Å². The van der Waals surface area contributed by atoms with Crippen LogP contribution < -0.4 is 5.32 Å². The second-order valence-electron chi connectivity index (χ2n) is 5.56. The van der Waals surface area contributed by atoms with Crippen LogP contribution in [0, 0.1) is 0 Å². The maximum absolute atomic E-state index is 12.7. The van der Waals surface area contributed by atoms with E-state index < -0.39 is 16.9 Å². The normalized spacial score (nSPS) is 18.0. The van der Waals surface area contributed by atoms with E-state index in [-0.39, 0.29) is 5.91 Å². The Labute approximate surface area is 138 Å². The SMILES string of the molecule is C[S@@](=O)Cc1ccccc1NC(=O)[C@@H]1OCCc2ccccc21. The minimum absolute atomic E-state index is 0.188. The van der Waals surface area contributed by atoms with Crippen LogP contribution in [0.5, 0.6) is 0 Å². The second-order valence-corrected chi connectivity index (χ2v) is 7.00. The Morgan fingerprint density at radius 3 is 2.78 bits per heavy atom. The first-order chi connectivity index (χ1) is 11.1. The third-order valence-corrected chi connectivity index (χ3v) is 4.58. The van der Waals surface area contributed by atoms with Gasteiger partial charge in [-0.05, 0) is 29.2 Å². The second kappa shape index (κ2) is 7.06. The van der Waals surface area contributed by atoms with Crippen molar-refractivity contribution in [1.29, 1.82) is 0 Å². The number of ether oxygens (including phenoxy) is 1. The summed E-state index contributed by atoms with van der Waals surface area (Å²) in [5, 5.41) is 2.93. The topological polar surface area (TPSA) is 55.4 Å². The Hall–Kier alpha value is -1.98. The van der Waals surface area contributed by atoms with Crippen LogP contribution in [0.15, 0.2) is 48.5 Å². The van der Waals surface area contributed by atoms with E-state index in [1.165, 1.54) is 0 Å². The lowest BCUT2D eigenvalue weighted by Crippen LogP contribution is -2.28. The van der Waals surface area contributed by atoms with Crippen molar-refractivity contribution in [2.45, 2.75) is 18.3 Å². The highest BCUT2D eigenvalue weighted by molar-refractivity contribution is 7.83. The summed E-state index contributed by atoms with van der Waals surface area (Å²) in [5.41, 5.74) is 3.64. The highest BCUT2D eigenvalue weighted by atomic mass is 32.2. The molecule has 3 rings (SSSR count). The molecule has 0 radical (unpaired) electrons. The third-order valence-electron chi connectivity index (χ3n) is 3.87. The van der Waals surface area contributed by atoms with E-state index in [2.05, 4.69) is 5.32 Å². The van der Waals surface area contributed by atoms with Gasteiger partial charge in [-0.1, -0.05) is 42.5 Å². The highest BCUT2D eigenvalue weighted by Gasteiger charge is 2.27. The van der Waals surface area contributed by atoms with Crippen LogP contribution in [0.3, 0.4) is 0 Å². The van der Waals surface area contributed by atoms with Crippen LogP contribution >= 0.6 is 0 Å². The van der Waals surface area contributed by atoms with Gasteiger partial charge in [0, 0.05) is 22.7 Å². The summed E-state index contributed by atoms with van der Waals surface area (Å²) in [4.78, 5) is 12.7. The van der Waals surface area contributed by atoms with Gasteiger partial charge < -0.3 is 10.1 Å². The number of hydrogen-bond donors (Lipinski definition) is 1. The fraction of sp³-hybridized carbons (Fsp3) is 0.278. The molecule has 0 saturated heterocycles. The summed E-state index contributed by atoms with van der Waals surface area (Å²) < 4.78 is 17.2.